The maximum atomic E-state index is 11.9. The number of aromatic nitrogens is 2. The maximum absolute atomic E-state index is 11.9. The Kier molecular flexibility index (Phi) is 4.47. The lowest BCUT2D eigenvalue weighted by Gasteiger charge is -2.07. The normalized spacial score (nSPS) is 13.5. The summed E-state index contributed by atoms with van der Waals surface area (Å²) in [4.78, 5) is 14.5. The van der Waals surface area contributed by atoms with Crippen molar-refractivity contribution >= 4 is 16.0 Å². The quantitative estimate of drug-likeness (QED) is 0.773. The Labute approximate surface area is 106 Å². The Morgan fingerprint density at radius 2 is 2.22 bits per heavy atom. The van der Waals surface area contributed by atoms with Gasteiger partial charge in [-0.3, -0.25) is 4.79 Å². The van der Waals surface area contributed by atoms with Crippen molar-refractivity contribution < 1.29 is 18.3 Å². The summed E-state index contributed by atoms with van der Waals surface area (Å²) in [5.74, 6) is -1.23. The maximum Gasteiger partial charge on any atom is 0.307 e. The number of carbonyl (C=O) groups is 1. The van der Waals surface area contributed by atoms with Gasteiger partial charge >= 0.3 is 5.97 Å². The number of imidazole rings is 1. The van der Waals surface area contributed by atoms with Gasteiger partial charge in [-0.2, -0.15) is 0 Å². The van der Waals surface area contributed by atoms with E-state index in [-0.39, 0.29) is 11.6 Å². The largest absolute Gasteiger partial charge is 0.481 e. The first-order valence-electron chi connectivity index (χ1n) is 5.54. The molecule has 18 heavy (non-hydrogen) atoms. The fourth-order valence-corrected chi connectivity index (χ4v) is 2.46. The highest BCUT2D eigenvalue weighted by atomic mass is 32.2. The number of nitrogens with zero attached hydrogens (tertiary/aromatic N) is 2. The fourth-order valence-electron chi connectivity index (χ4n) is 1.32. The van der Waals surface area contributed by atoms with E-state index >= 15 is 0 Å². The second kappa shape index (κ2) is 5.49. The highest BCUT2D eigenvalue weighted by Gasteiger charge is 2.21. The van der Waals surface area contributed by atoms with Crippen LogP contribution in [0.25, 0.3) is 0 Å². The molecule has 8 heteroatoms. The zero-order valence-electron chi connectivity index (χ0n) is 10.5. The lowest BCUT2D eigenvalue weighted by atomic mass is 10.2. The van der Waals surface area contributed by atoms with E-state index in [1.807, 2.05) is 6.92 Å². The van der Waals surface area contributed by atoms with Gasteiger partial charge in [-0.1, -0.05) is 6.92 Å². The van der Waals surface area contributed by atoms with Gasteiger partial charge < -0.3 is 9.67 Å². The molecule has 1 atom stereocenters. The van der Waals surface area contributed by atoms with Gasteiger partial charge in [0.05, 0.1) is 5.92 Å². The average Bonchev–Trinajstić information content (AvgIpc) is 2.68. The van der Waals surface area contributed by atoms with Crippen molar-refractivity contribution in [1.29, 1.82) is 0 Å². The van der Waals surface area contributed by atoms with Gasteiger partial charge in [0, 0.05) is 19.3 Å². The van der Waals surface area contributed by atoms with E-state index in [2.05, 4.69) is 9.71 Å². The average molecular weight is 275 g/mol. The van der Waals surface area contributed by atoms with Crippen molar-refractivity contribution in [3.63, 3.8) is 0 Å². The van der Waals surface area contributed by atoms with Crippen LogP contribution in [-0.2, 0) is 21.4 Å². The van der Waals surface area contributed by atoms with Crippen molar-refractivity contribution in [1.82, 2.24) is 14.3 Å². The summed E-state index contributed by atoms with van der Waals surface area (Å²) in [7, 11) is -3.75. The van der Waals surface area contributed by atoms with Gasteiger partial charge in [-0.25, -0.2) is 18.1 Å². The molecular formula is C10H17N3O4S. The number of nitrogens with one attached hydrogen (secondary N) is 1. The lowest BCUT2D eigenvalue weighted by molar-refractivity contribution is -0.140. The van der Waals surface area contributed by atoms with Crippen molar-refractivity contribution in [3.8, 4) is 0 Å². The van der Waals surface area contributed by atoms with Crippen LogP contribution in [0.3, 0.4) is 0 Å². The first-order chi connectivity index (χ1) is 8.27. The molecule has 0 aliphatic carbocycles. The van der Waals surface area contributed by atoms with Crippen LogP contribution in [0.1, 0.15) is 19.7 Å². The first-order valence-corrected chi connectivity index (χ1v) is 7.02. The van der Waals surface area contributed by atoms with Crippen LogP contribution in [0.4, 0.5) is 0 Å². The molecule has 0 amide bonds. The van der Waals surface area contributed by atoms with Crippen molar-refractivity contribution in [2.24, 2.45) is 5.92 Å². The number of hydrogen-bond acceptors (Lipinski definition) is 4. The topological polar surface area (TPSA) is 101 Å². The minimum Gasteiger partial charge on any atom is -0.481 e. The Morgan fingerprint density at radius 3 is 2.67 bits per heavy atom. The third-order valence-corrected chi connectivity index (χ3v) is 3.87. The molecule has 0 radical (unpaired) electrons. The van der Waals surface area contributed by atoms with Crippen LogP contribution in [-0.4, -0.2) is 35.6 Å². The molecule has 0 saturated carbocycles. The van der Waals surface area contributed by atoms with E-state index in [0.717, 1.165) is 0 Å². The Balaban J connectivity index is 2.83. The van der Waals surface area contributed by atoms with Crippen molar-refractivity contribution in [2.75, 3.05) is 6.54 Å². The monoisotopic (exact) mass is 275 g/mol. The second-order valence-corrected chi connectivity index (χ2v) is 5.72. The summed E-state index contributed by atoms with van der Waals surface area (Å²) in [6, 6.07) is 0. The first kappa shape index (κ1) is 14.7. The smallest absolute Gasteiger partial charge is 0.307 e. The summed E-state index contributed by atoms with van der Waals surface area (Å²) in [6.07, 6.45) is 1.43. The molecule has 0 fully saturated rings. The van der Waals surface area contributed by atoms with Crippen LogP contribution in [0.2, 0.25) is 0 Å². The van der Waals surface area contributed by atoms with Crippen molar-refractivity contribution in [2.45, 2.75) is 32.3 Å². The zero-order chi connectivity index (χ0) is 13.9. The number of carboxylic acids is 1. The molecule has 0 saturated heterocycles. The molecule has 0 bridgehead atoms. The van der Waals surface area contributed by atoms with Crippen molar-refractivity contribution in [3.05, 3.63) is 12.0 Å². The summed E-state index contributed by atoms with van der Waals surface area (Å²) >= 11 is 0. The van der Waals surface area contributed by atoms with Crippen LogP contribution in [0.5, 0.6) is 0 Å². The molecule has 0 aliphatic rings. The number of hydrogen-bond donors (Lipinski definition) is 2. The molecule has 0 aromatic carbocycles. The molecule has 0 aliphatic heterocycles. The van der Waals surface area contributed by atoms with Crippen LogP contribution in [0, 0.1) is 12.8 Å². The Hall–Kier alpha value is -1.41. The predicted octanol–water partition coefficient (Wildman–Crippen LogP) is 0.210. The number of aliphatic carboxylic acids is 1. The molecule has 1 rings (SSSR count). The molecule has 102 valence electrons. The van der Waals surface area contributed by atoms with Gasteiger partial charge in [-0.05, 0) is 13.8 Å². The van der Waals surface area contributed by atoms with Gasteiger partial charge in [-0.15, -0.1) is 0 Å². The van der Waals surface area contributed by atoms with Crippen LogP contribution >= 0.6 is 0 Å². The van der Waals surface area contributed by atoms with Crippen LogP contribution in [0.15, 0.2) is 11.2 Å². The summed E-state index contributed by atoms with van der Waals surface area (Å²) in [5.41, 5.74) is 0. The summed E-state index contributed by atoms with van der Waals surface area (Å²) in [5, 5.41) is 8.60. The van der Waals surface area contributed by atoms with E-state index in [0.29, 0.717) is 12.4 Å². The molecule has 7 nitrogen and oxygen atoms in total. The predicted molar refractivity (Wildman–Crippen MR) is 64.6 cm³/mol. The third kappa shape index (κ3) is 3.30. The number of sulfonamides is 1. The molecule has 1 unspecified atom stereocenters. The second-order valence-electron chi connectivity index (χ2n) is 4.00. The van der Waals surface area contributed by atoms with E-state index in [4.69, 9.17) is 5.11 Å². The SMILES string of the molecule is CCn1cc(S(=O)(=O)NCC(C)C(=O)O)nc1C. The van der Waals surface area contributed by atoms with Gasteiger partial charge in [0.2, 0.25) is 0 Å². The van der Waals surface area contributed by atoms with Gasteiger partial charge in [0.1, 0.15) is 5.82 Å². The molecule has 1 heterocycles. The number of carboxylic acid groups (broad SMARTS) is 1. The third-order valence-electron chi connectivity index (χ3n) is 2.57. The van der Waals surface area contributed by atoms with E-state index in [1.54, 1.807) is 11.5 Å². The minimum atomic E-state index is -3.75. The molecule has 1 aromatic rings. The summed E-state index contributed by atoms with van der Waals surface area (Å²) in [6.45, 7) is 5.49. The van der Waals surface area contributed by atoms with Crippen LogP contribution < -0.4 is 4.72 Å². The molecule has 2 N–H and O–H groups in total. The zero-order valence-corrected chi connectivity index (χ0v) is 11.4. The highest BCUT2D eigenvalue weighted by molar-refractivity contribution is 7.89. The van der Waals surface area contributed by atoms with Gasteiger partial charge in [0.15, 0.2) is 5.03 Å². The Bertz CT molecular complexity index is 535. The van der Waals surface area contributed by atoms with E-state index in [9.17, 15) is 13.2 Å². The highest BCUT2D eigenvalue weighted by Crippen LogP contribution is 2.09. The van der Waals surface area contributed by atoms with E-state index in [1.165, 1.54) is 13.1 Å². The number of aryl methyl sites for hydroxylation is 2. The van der Waals surface area contributed by atoms with E-state index < -0.39 is 21.9 Å². The molecule has 1 aromatic heterocycles. The fraction of sp³-hybridized carbons (Fsp3) is 0.600. The molecule has 0 spiro atoms. The van der Waals surface area contributed by atoms with Gasteiger partial charge in [0.25, 0.3) is 10.0 Å². The molecular weight excluding hydrogens is 258 g/mol. The lowest BCUT2D eigenvalue weighted by Crippen LogP contribution is -2.31. The Morgan fingerprint density at radius 1 is 1.61 bits per heavy atom. The standard InChI is InChI=1S/C10H17N3O4S/c1-4-13-6-9(12-8(13)3)18(16,17)11-5-7(2)10(14)15/h6-7,11H,4-5H2,1-3H3,(H,14,15). The summed E-state index contributed by atoms with van der Waals surface area (Å²) < 4.78 is 27.7. The minimum absolute atomic E-state index is 0.0839. The number of rotatable bonds is 6.